The average Bonchev–Trinajstić information content (AvgIpc) is 2.74. The molecule has 1 fully saturated rings. The lowest BCUT2D eigenvalue weighted by atomic mass is 10.5. The Kier molecular flexibility index (Phi) is 5.92. The number of nitrogens with one attached hydrogen (secondary N) is 1. The van der Waals surface area contributed by atoms with Crippen LogP contribution in [0.3, 0.4) is 0 Å². The van der Waals surface area contributed by atoms with Crippen LogP contribution in [0, 0.1) is 0 Å². The SMILES string of the molecule is CCN(CC)CC[SiH]1CCNC1(OC)OC. The van der Waals surface area contributed by atoms with Crippen LogP contribution in [0.15, 0.2) is 0 Å². The monoisotopic (exact) mass is 246 g/mol. The average molecular weight is 246 g/mol. The summed E-state index contributed by atoms with van der Waals surface area (Å²) < 4.78 is 11.1. The van der Waals surface area contributed by atoms with Gasteiger partial charge in [-0.15, -0.1) is 0 Å². The molecule has 1 N–H and O–H groups in total. The fourth-order valence-corrected chi connectivity index (χ4v) is 5.85. The van der Waals surface area contributed by atoms with Gasteiger partial charge in [0.05, 0.1) is 0 Å². The molecule has 1 saturated heterocycles. The minimum Gasteiger partial charge on any atom is -0.345 e. The molecule has 1 atom stereocenters. The van der Waals surface area contributed by atoms with Gasteiger partial charge in [-0.2, -0.15) is 0 Å². The summed E-state index contributed by atoms with van der Waals surface area (Å²) >= 11 is 0. The van der Waals surface area contributed by atoms with Crippen molar-refractivity contribution >= 4 is 8.80 Å². The quantitative estimate of drug-likeness (QED) is 0.528. The number of nitrogens with zero attached hydrogens (tertiary/aromatic N) is 1. The first-order valence-electron chi connectivity index (χ1n) is 6.30. The van der Waals surface area contributed by atoms with Gasteiger partial charge in [0.15, 0.2) is 0 Å². The zero-order valence-electron chi connectivity index (χ0n) is 11.1. The highest BCUT2D eigenvalue weighted by Crippen LogP contribution is 2.24. The first-order chi connectivity index (χ1) is 7.72. The summed E-state index contributed by atoms with van der Waals surface area (Å²) in [6.07, 6.45) is 0. The van der Waals surface area contributed by atoms with Gasteiger partial charge in [-0.05, 0) is 38.3 Å². The Hall–Kier alpha value is 0.0569. The molecule has 0 aromatic carbocycles. The van der Waals surface area contributed by atoms with Crippen LogP contribution in [0.4, 0.5) is 0 Å². The molecule has 0 amide bonds. The summed E-state index contributed by atoms with van der Waals surface area (Å²) in [7, 11) is 2.49. The fraction of sp³-hybridized carbons (Fsp3) is 1.00. The topological polar surface area (TPSA) is 33.7 Å². The Morgan fingerprint density at radius 3 is 2.38 bits per heavy atom. The Morgan fingerprint density at radius 2 is 1.88 bits per heavy atom. The highest BCUT2D eigenvalue weighted by molar-refractivity contribution is 6.62. The Bertz CT molecular complexity index is 196. The summed E-state index contributed by atoms with van der Waals surface area (Å²) in [4.78, 5) is 2.47. The minimum absolute atomic E-state index is 0.410. The van der Waals surface area contributed by atoms with Crippen molar-refractivity contribution in [1.82, 2.24) is 10.2 Å². The van der Waals surface area contributed by atoms with Crippen molar-refractivity contribution < 1.29 is 9.47 Å². The van der Waals surface area contributed by atoms with Gasteiger partial charge in [-0.3, -0.25) is 5.32 Å². The fourth-order valence-electron chi connectivity index (χ4n) is 2.53. The predicted molar refractivity (Wildman–Crippen MR) is 69.3 cm³/mol. The molecule has 0 aliphatic carbocycles. The molecule has 1 unspecified atom stereocenters. The van der Waals surface area contributed by atoms with E-state index in [-0.39, 0.29) is 0 Å². The summed E-state index contributed by atoms with van der Waals surface area (Å²) in [6.45, 7) is 8.93. The van der Waals surface area contributed by atoms with E-state index in [9.17, 15) is 0 Å². The van der Waals surface area contributed by atoms with Crippen LogP contribution < -0.4 is 5.32 Å². The molecule has 4 nitrogen and oxygen atoms in total. The van der Waals surface area contributed by atoms with Crippen LogP contribution in [-0.4, -0.2) is 59.6 Å². The molecule has 1 aliphatic heterocycles. The van der Waals surface area contributed by atoms with Crippen LogP contribution in [0.25, 0.3) is 0 Å². The highest BCUT2D eigenvalue weighted by atomic mass is 28.3. The predicted octanol–water partition coefficient (Wildman–Crippen LogP) is 0.644. The van der Waals surface area contributed by atoms with Gasteiger partial charge in [0, 0.05) is 14.2 Å². The van der Waals surface area contributed by atoms with E-state index in [4.69, 9.17) is 9.47 Å². The van der Waals surface area contributed by atoms with Crippen molar-refractivity contribution in [3.05, 3.63) is 0 Å². The molecule has 5 heteroatoms. The van der Waals surface area contributed by atoms with Crippen LogP contribution in [-0.2, 0) is 9.47 Å². The summed E-state index contributed by atoms with van der Waals surface area (Å²) in [6, 6.07) is 2.53. The van der Waals surface area contributed by atoms with Crippen molar-refractivity contribution in [2.45, 2.75) is 31.5 Å². The third kappa shape index (κ3) is 3.04. The van der Waals surface area contributed by atoms with E-state index in [1.165, 1.54) is 18.6 Å². The van der Waals surface area contributed by atoms with Gasteiger partial charge in [-0.1, -0.05) is 13.8 Å². The van der Waals surface area contributed by atoms with Crippen LogP contribution >= 0.6 is 0 Å². The first kappa shape index (κ1) is 14.1. The van der Waals surface area contributed by atoms with Crippen LogP contribution in [0.1, 0.15) is 13.8 Å². The number of hydrogen-bond acceptors (Lipinski definition) is 4. The largest absolute Gasteiger partial charge is 0.345 e. The molecule has 16 heavy (non-hydrogen) atoms. The van der Waals surface area contributed by atoms with Crippen molar-refractivity contribution in [2.75, 3.05) is 40.4 Å². The van der Waals surface area contributed by atoms with Crippen LogP contribution in [0.5, 0.6) is 0 Å². The van der Waals surface area contributed by atoms with Gasteiger partial charge < -0.3 is 14.4 Å². The van der Waals surface area contributed by atoms with Crippen molar-refractivity contribution in [1.29, 1.82) is 0 Å². The number of ether oxygens (including phenoxy) is 2. The Balaban J connectivity index is 2.46. The van der Waals surface area contributed by atoms with E-state index in [1.54, 1.807) is 14.2 Å². The van der Waals surface area contributed by atoms with Crippen molar-refractivity contribution in [2.24, 2.45) is 0 Å². The number of rotatable bonds is 7. The van der Waals surface area contributed by atoms with E-state index in [0.717, 1.165) is 19.6 Å². The van der Waals surface area contributed by atoms with E-state index >= 15 is 0 Å². The molecule has 1 heterocycles. The second-order valence-corrected chi connectivity index (χ2v) is 7.61. The van der Waals surface area contributed by atoms with Crippen molar-refractivity contribution in [3.63, 3.8) is 0 Å². The number of hydrogen-bond donors (Lipinski definition) is 1. The Labute approximate surface area is 101 Å². The third-order valence-electron chi connectivity index (χ3n) is 3.70. The zero-order chi connectivity index (χ0) is 12.0. The number of methoxy groups -OCH3 is 2. The maximum atomic E-state index is 5.57. The second-order valence-electron chi connectivity index (χ2n) is 4.30. The summed E-state index contributed by atoms with van der Waals surface area (Å²) in [5.41, 5.74) is -0.410. The van der Waals surface area contributed by atoms with Gasteiger partial charge in [0.1, 0.15) is 8.80 Å². The lowest BCUT2D eigenvalue weighted by Crippen LogP contribution is -2.54. The highest BCUT2D eigenvalue weighted by Gasteiger charge is 2.44. The molecule has 1 aliphatic rings. The Morgan fingerprint density at radius 1 is 1.25 bits per heavy atom. The van der Waals surface area contributed by atoms with E-state index < -0.39 is 14.3 Å². The molecule has 0 aromatic heterocycles. The van der Waals surface area contributed by atoms with Gasteiger partial charge >= 0.3 is 0 Å². The lowest BCUT2D eigenvalue weighted by molar-refractivity contribution is -0.162. The van der Waals surface area contributed by atoms with Crippen molar-refractivity contribution in [3.8, 4) is 0 Å². The molecule has 0 spiro atoms. The second kappa shape index (κ2) is 6.71. The van der Waals surface area contributed by atoms with Gasteiger partial charge in [-0.25, -0.2) is 0 Å². The lowest BCUT2D eigenvalue weighted by Gasteiger charge is -2.33. The van der Waals surface area contributed by atoms with E-state index in [2.05, 4.69) is 24.1 Å². The molecule has 0 saturated carbocycles. The standard InChI is InChI=1S/C11H26N2O2Si/c1-5-13(6-2)8-10-16-9-7-12-11(16,14-3)15-4/h12,16H,5-10H2,1-4H3. The third-order valence-corrected chi connectivity index (χ3v) is 7.39. The molecule has 0 bridgehead atoms. The maximum absolute atomic E-state index is 5.57. The minimum atomic E-state index is -1.01. The summed E-state index contributed by atoms with van der Waals surface area (Å²) in [5, 5.41) is 3.38. The summed E-state index contributed by atoms with van der Waals surface area (Å²) in [5.74, 6) is 0. The smallest absolute Gasteiger partial charge is 0.200 e. The normalized spacial score (nSPS) is 24.2. The van der Waals surface area contributed by atoms with Crippen LogP contribution in [0.2, 0.25) is 12.1 Å². The molecule has 1 rings (SSSR count). The molecular weight excluding hydrogens is 220 g/mol. The van der Waals surface area contributed by atoms with E-state index in [1.807, 2.05) is 0 Å². The molecule has 0 radical (unpaired) electrons. The zero-order valence-corrected chi connectivity index (χ0v) is 12.2. The molecule has 96 valence electrons. The first-order valence-corrected chi connectivity index (χ1v) is 8.51. The van der Waals surface area contributed by atoms with Gasteiger partial charge in [0.2, 0.25) is 5.53 Å². The maximum Gasteiger partial charge on any atom is 0.200 e. The molecular formula is C11H26N2O2Si. The molecule has 0 aromatic rings. The van der Waals surface area contributed by atoms with Gasteiger partial charge in [0.25, 0.3) is 0 Å². The van der Waals surface area contributed by atoms with E-state index in [0.29, 0.717) is 0 Å².